The quantitative estimate of drug-likeness (QED) is 0.339. The molecule has 6 nitrogen and oxygen atoms in total. The van der Waals surface area contributed by atoms with Gasteiger partial charge >= 0.3 is 6.18 Å². The van der Waals surface area contributed by atoms with Gasteiger partial charge in [-0.2, -0.15) is 17.9 Å². The molecule has 0 spiro atoms. The molecule has 0 saturated heterocycles. The Hall–Kier alpha value is -2.79. The Morgan fingerprint density at radius 3 is 2.36 bits per heavy atom. The van der Waals surface area contributed by atoms with Crippen molar-refractivity contribution in [3.63, 3.8) is 0 Å². The summed E-state index contributed by atoms with van der Waals surface area (Å²) in [5.74, 6) is -0.891. The van der Waals surface area contributed by atoms with Crippen LogP contribution in [0, 0.1) is 0 Å². The summed E-state index contributed by atoms with van der Waals surface area (Å²) >= 11 is 12.0. The van der Waals surface area contributed by atoms with E-state index in [4.69, 9.17) is 27.9 Å². The van der Waals surface area contributed by atoms with Gasteiger partial charge in [0.25, 0.3) is 0 Å². The molecule has 192 valence electrons. The molecule has 1 unspecified atom stereocenters. The fourth-order valence-corrected chi connectivity index (χ4v) is 5.04. The molecule has 0 bridgehead atoms. The van der Waals surface area contributed by atoms with E-state index >= 15 is 0 Å². The fraction of sp³-hybridized carbons (Fsp3) is 0.208. The van der Waals surface area contributed by atoms with Crippen LogP contribution in [0.1, 0.15) is 18.1 Å². The van der Waals surface area contributed by atoms with Crippen molar-refractivity contribution in [1.29, 1.82) is 0 Å². The first-order chi connectivity index (χ1) is 16.9. The van der Waals surface area contributed by atoms with Crippen LogP contribution in [0.2, 0.25) is 10.0 Å². The molecule has 2 N–H and O–H groups in total. The minimum Gasteiger partial charge on any atom is -0.492 e. The zero-order valence-electron chi connectivity index (χ0n) is 18.8. The molecule has 0 radical (unpaired) electrons. The average Bonchev–Trinajstić information content (AvgIpc) is 2.81. The van der Waals surface area contributed by atoms with Crippen LogP contribution in [0.3, 0.4) is 0 Å². The molecule has 0 heterocycles. The van der Waals surface area contributed by atoms with E-state index in [1.807, 2.05) is 0 Å². The molecular formula is C24H21Cl2F3N2O4S. The lowest BCUT2D eigenvalue weighted by molar-refractivity contribution is -0.137. The number of halogens is 5. The normalized spacial score (nSPS) is 12.7. The molecule has 0 aliphatic rings. The Bertz CT molecular complexity index is 1340. The molecule has 3 aromatic carbocycles. The first-order valence-corrected chi connectivity index (χ1v) is 12.8. The summed E-state index contributed by atoms with van der Waals surface area (Å²) in [7, 11) is -4.37. The Morgan fingerprint density at radius 2 is 1.72 bits per heavy atom. The first kappa shape index (κ1) is 27.8. The molecule has 1 amide bonds. The topological polar surface area (TPSA) is 84.5 Å². The number of carbonyl (C=O) groups excluding carboxylic acids is 1. The standard InChI is InChI=1S/C24H21Cl2F3N2O4S/c1-2-35-21-11-9-17(25)14-22(21)36(33,34)31-20(12-15-6-4-3-5-7-15)23(32)30-19-13-16(24(27,28)29)8-10-18(19)26/h3-11,13-14,20,31H,2,12H2,1H3,(H,30,32). The number of carbonyl (C=O) groups is 1. The van der Waals surface area contributed by atoms with Crippen LogP contribution in [0.4, 0.5) is 18.9 Å². The number of rotatable bonds is 9. The van der Waals surface area contributed by atoms with Gasteiger partial charge in [-0.15, -0.1) is 0 Å². The number of nitrogens with one attached hydrogen (secondary N) is 2. The first-order valence-electron chi connectivity index (χ1n) is 10.6. The number of anilines is 1. The van der Waals surface area contributed by atoms with Crippen molar-refractivity contribution in [3.8, 4) is 5.75 Å². The minimum atomic E-state index is -4.67. The largest absolute Gasteiger partial charge is 0.492 e. The van der Waals surface area contributed by atoms with Crippen LogP contribution < -0.4 is 14.8 Å². The highest BCUT2D eigenvalue weighted by molar-refractivity contribution is 7.89. The summed E-state index contributed by atoms with van der Waals surface area (Å²) in [6.45, 7) is 1.84. The van der Waals surface area contributed by atoms with Gasteiger partial charge in [-0.05, 0) is 55.3 Å². The molecule has 0 aromatic heterocycles. The zero-order valence-corrected chi connectivity index (χ0v) is 21.1. The molecule has 0 fully saturated rings. The number of amides is 1. The number of hydrogen-bond donors (Lipinski definition) is 2. The van der Waals surface area contributed by atoms with E-state index < -0.39 is 33.7 Å². The maximum absolute atomic E-state index is 13.3. The van der Waals surface area contributed by atoms with Crippen molar-refractivity contribution in [1.82, 2.24) is 4.72 Å². The second-order valence-electron chi connectivity index (χ2n) is 7.57. The lowest BCUT2D eigenvalue weighted by atomic mass is 10.1. The van der Waals surface area contributed by atoms with Gasteiger partial charge in [-0.3, -0.25) is 4.79 Å². The maximum atomic E-state index is 13.3. The predicted octanol–water partition coefficient (Wildman–Crippen LogP) is 5.94. The molecular weight excluding hydrogens is 540 g/mol. The van der Waals surface area contributed by atoms with Crippen molar-refractivity contribution in [3.05, 3.63) is 87.9 Å². The second kappa shape index (κ2) is 11.5. The highest BCUT2D eigenvalue weighted by atomic mass is 35.5. The van der Waals surface area contributed by atoms with Crippen LogP contribution in [0.25, 0.3) is 0 Å². The summed E-state index contributed by atoms with van der Waals surface area (Å²) in [5, 5.41) is 2.29. The molecule has 0 aliphatic carbocycles. The van der Waals surface area contributed by atoms with Gasteiger partial charge in [-0.25, -0.2) is 8.42 Å². The van der Waals surface area contributed by atoms with Crippen LogP contribution in [-0.2, 0) is 27.4 Å². The third kappa shape index (κ3) is 7.13. The molecule has 3 aromatic rings. The van der Waals surface area contributed by atoms with Crippen molar-refractivity contribution < 1.29 is 31.1 Å². The van der Waals surface area contributed by atoms with Crippen molar-refractivity contribution in [2.45, 2.75) is 30.5 Å². The highest BCUT2D eigenvalue weighted by Gasteiger charge is 2.32. The third-order valence-corrected chi connectivity index (χ3v) is 7.00. The van der Waals surface area contributed by atoms with Gasteiger partial charge < -0.3 is 10.1 Å². The van der Waals surface area contributed by atoms with Crippen LogP contribution >= 0.6 is 23.2 Å². The van der Waals surface area contributed by atoms with Gasteiger partial charge in [0, 0.05) is 5.02 Å². The van der Waals surface area contributed by atoms with Gasteiger partial charge in [0.05, 0.1) is 22.9 Å². The molecule has 0 saturated carbocycles. The molecule has 12 heteroatoms. The van der Waals surface area contributed by atoms with E-state index in [1.165, 1.54) is 18.2 Å². The lowest BCUT2D eigenvalue weighted by Crippen LogP contribution is -2.45. The number of hydrogen-bond acceptors (Lipinski definition) is 4. The molecule has 0 aliphatic heterocycles. The van der Waals surface area contributed by atoms with Gasteiger partial charge in [0.1, 0.15) is 16.7 Å². The summed E-state index contributed by atoms with van der Waals surface area (Å²) in [5.41, 5.74) is -0.735. The number of alkyl halides is 3. The highest BCUT2D eigenvalue weighted by Crippen LogP contribution is 2.34. The van der Waals surface area contributed by atoms with Crippen molar-refractivity contribution >= 4 is 44.8 Å². The second-order valence-corrected chi connectivity index (χ2v) is 10.1. The Labute approximate surface area is 216 Å². The minimum absolute atomic E-state index is 0.0224. The monoisotopic (exact) mass is 560 g/mol. The van der Waals surface area contributed by atoms with E-state index in [1.54, 1.807) is 37.3 Å². The van der Waals surface area contributed by atoms with E-state index in [9.17, 15) is 26.4 Å². The van der Waals surface area contributed by atoms with E-state index in [0.29, 0.717) is 11.6 Å². The Morgan fingerprint density at radius 1 is 1.03 bits per heavy atom. The molecule has 36 heavy (non-hydrogen) atoms. The smallest absolute Gasteiger partial charge is 0.416 e. The number of ether oxygens (including phenoxy) is 1. The summed E-state index contributed by atoms with van der Waals surface area (Å²) in [4.78, 5) is 12.9. The predicted molar refractivity (Wildman–Crippen MR) is 132 cm³/mol. The van der Waals surface area contributed by atoms with Crippen LogP contribution in [0.15, 0.2) is 71.6 Å². The third-order valence-electron chi connectivity index (χ3n) is 4.94. The van der Waals surface area contributed by atoms with E-state index in [-0.39, 0.29) is 39.4 Å². The van der Waals surface area contributed by atoms with E-state index in [0.717, 1.165) is 12.1 Å². The number of sulfonamides is 1. The summed E-state index contributed by atoms with van der Waals surface area (Å²) < 4.78 is 73.8. The zero-order chi connectivity index (χ0) is 26.5. The van der Waals surface area contributed by atoms with Crippen LogP contribution in [-0.4, -0.2) is 27.0 Å². The van der Waals surface area contributed by atoms with Gasteiger partial charge in [0.15, 0.2) is 0 Å². The summed E-state index contributed by atoms with van der Waals surface area (Å²) in [6, 6.07) is 13.5. The van der Waals surface area contributed by atoms with Crippen molar-refractivity contribution in [2.75, 3.05) is 11.9 Å². The lowest BCUT2D eigenvalue weighted by Gasteiger charge is -2.21. The Kier molecular flexibility index (Phi) is 8.89. The number of benzene rings is 3. The maximum Gasteiger partial charge on any atom is 0.416 e. The Balaban J connectivity index is 1.97. The van der Waals surface area contributed by atoms with Gasteiger partial charge in [0.2, 0.25) is 15.9 Å². The fourth-order valence-electron chi connectivity index (χ4n) is 3.27. The van der Waals surface area contributed by atoms with E-state index in [2.05, 4.69) is 10.0 Å². The van der Waals surface area contributed by atoms with Crippen molar-refractivity contribution in [2.24, 2.45) is 0 Å². The SMILES string of the molecule is CCOc1ccc(Cl)cc1S(=O)(=O)NC(Cc1ccccc1)C(=O)Nc1cc(C(F)(F)F)ccc1Cl. The molecule has 1 atom stereocenters. The van der Waals surface area contributed by atoms with Crippen LogP contribution in [0.5, 0.6) is 5.75 Å². The summed E-state index contributed by atoms with van der Waals surface area (Å²) in [6.07, 6.45) is -4.77. The molecule has 3 rings (SSSR count). The van der Waals surface area contributed by atoms with Gasteiger partial charge in [-0.1, -0.05) is 53.5 Å². The average molecular weight is 561 g/mol.